The van der Waals surface area contributed by atoms with E-state index in [0.717, 1.165) is 11.1 Å². The molecule has 0 atom stereocenters. The van der Waals surface area contributed by atoms with Crippen LogP contribution in [0.3, 0.4) is 0 Å². The Labute approximate surface area is 62.4 Å². The minimum Gasteiger partial charge on any atom is -0.513 e. The fraction of sp³-hybridized carbons (Fsp3) is 0.333. The summed E-state index contributed by atoms with van der Waals surface area (Å²) in [4.78, 5) is 0. The van der Waals surface area contributed by atoms with Gasteiger partial charge in [0.05, 0.1) is 5.76 Å². The second-order valence-corrected chi connectivity index (χ2v) is 2.36. The van der Waals surface area contributed by atoms with Crippen molar-refractivity contribution < 1.29 is 5.11 Å². The summed E-state index contributed by atoms with van der Waals surface area (Å²) in [5.74, 6) is 0.332. The standard InChI is InChI=1S/C9H14O/c1-5-7(2)8(3)6-9(4)10/h5-6,10H,1H2,2-4H3/b8-7-,9-6+. The molecule has 1 nitrogen and oxygen atoms in total. The maximum atomic E-state index is 8.86. The molecule has 0 aromatic carbocycles. The monoisotopic (exact) mass is 138 g/mol. The van der Waals surface area contributed by atoms with Crippen LogP contribution in [-0.2, 0) is 0 Å². The van der Waals surface area contributed by atoms with E-state index in [1.807, 2.05) is 13.8 Å². The molecule has 0 unspecified atom stereocenters. The van der Waals surface area contributed by atoms with Gasteiger partial charge in [-0.15, -0.1) is 0 Å². The highest BCUT2D eigenvalue weighted by atomic mass is 16.3. The first-order valence-electron chi connectivity index (χ1n) is 3.25. The lowest BCUT2D eigenvalue weighted by Crippen LogP contribution is -1.78. The lowest BCUT2D eigenvalue weighted by Gasteiger charge is -1.96. The van der Waals surface area contributed by atoms with Gasteiger partial charge in [0.15, 0.2) is 0 Å². The van der Waals surface area contributed by atoms with Gasteiger partial charge in [-0.2, -0.15) is 0 Å². The maximum Gasteiger partial charge on any atom is 0.0894 e. The van der Waals surface area contributed by atoms with Gasteiger partial charge in [0.2, 0.25) is 0 Å². The topological polar surface area (TPSA) is 20.2 Å². The smallest absolute Gasteiger partial charge is 0.0894 e. The van der Waals surface area contributed by atoms with E-state index in [1.54, 1.807) is 19.1 Å². The summed E-state index contributed by atoms with van der Waals surface area (Å²) in [5.41, 5.74) is 2.14. The highest BCUT2D eigenvalue weighted by molar-refractivity contribution is 5.29. The Balaban J connectivity index is 4.48. The number of hydrogen-bond donors (Lipinski definition) is 1. The van der Waals surface area contributed by atoms with Crippen molar-refractivity contribution in [2.24, 2.45) is 0 Å². The number of aliphatic hydroxyl groups excluding tert-OH is 1. The molecule has 0 saturated carbocycles. The van der Waals surface area contributed by atoms with Crippen LogP contribution in [0.15, 0.2) is 35.6 Å². The zero-order valence-electron chi connectivity index (χ0n) is 6.81. The van der Waals surface area contributed by atoms with Gasteiger partial charge in [0, 0.05) is 0 Å². The fourth-order valence-corrected chi connectivity index (χ4v) is 0.588. The lowest BCUT2D eigenvalue weighted by molar-refractivity contribution is 0.414. The van der Waals surface area contributed by atoms with E-state index in [0.29, 0.717) is 5.76 Å². The number of aliphatic hydroxyl groups is 1. The normalized spacial score (nSPS) is 14.5. The van der Waals surface area contributed by atoms with Crippen LogP contribution in [0.25, 0.3) is 0 Å². The zero-order valence-corrected chi connectivity index (χ0v) is 6.81. The summed E-state index contributed by atoms with van der Waals surface area (Å²) < 4.78 is 0. The third kappa shape index (κ3) is 3.13. The Hall–Kier alpha value is -0.980. The van der Waals surface area contributed by atoms with Gasteiger partial charge in [0.1, 0.15) is 0 Å². The van der Waals surface area contributed by atoms with Crippen molar-refractivity contribution in [2.75, 3.05) is 0 Å². The van der Waals surface area contributed by atoms with Gasteiger partial charge < -0.3 is 5.11 Å². The minimum absolute atomic E-state index is 0.332. The van der Waals surface area contributed by atoms with Crippen LogP contribution in [0.2, 0.25) is 0 Å². The van der Waals surface area contributed by atoms with E-state index in [2.05, 4.69) is 6.58 Å². The third-order valence-electron chi connectivity index (χ3n) is 1.35. The van der Waals surface area contributed by atoms with Crippen molar-refractivity contribution in [3.63, 3.8) is 0 Å². The third-order valence-corrected chi connectivity index (χ3v) is 1.35. The molecule has 56 valence electrons. The summed E-state index contributed by atoms with van der Waals surface area (Å²) in [5, 5.41) is 8.86. The summed E-state index contributed by atoms with van der Waals surface area (Å²) in [6.45, 7) is 9.17. The first kappa shape index (κ1) is 9.02. The molecule has 0 fully saturated rings. The number of rotatable bonds is 2. The van der Waals surface area contributed by atoms with Crippen LogP contribution >= 0.6 is 0 Å². The SMILES string of the molecule is C=C/C(C)=C(C)\C=C(/C)O. The average molecular weight is 138 g/mol. The molecule has 0 radical (unpaired) electrons. The molecule has 0 rings (SSSR count). The molecule has 0 aliphatic heterocycles. The summed E-state index contributed by atoms with van der Waals surface area (Å²) in [6, 6.07) is 0. The Morgan fingerprint density at radius 3 is 2.00 bits per heavy atom. The van der Waals surface area contributed by atoms with Gasteiger partial charge in [-0.3, -0.25) is 0 Å². The van der Waals surface area contributed by atoms with E-state index < -0.39 is 0 Å². The largest absolute Gasteiger partial charge is 0.513 e. The van der Waals surface area contributed by atoms with Crippen LogP contribution in [0.1, 0.15) is 20.8 Å². The second-order valence-electron chi connectivity index (χ2n) is 2.36. The minimum atomic E-state index is 0.332. The van der Waals surface area contributed by atoms with Gasteiger partial charge >= 0.3 is 0 Å². The van der Waals surface area contributed by atoms with Crippen LogP contribution in [0.5, 0.6) is 0 Å². The van der Waals surface area contributed by atoms with Crippen LogP contribution < -0.4 is 0 Å². The zero-order chi connectivity index (χ0) is 8.15. The van der Waals surface area contributed by atoms with Crippen molar-refractivity contribution in [3.05, 3.63) is 35.6 Å². The molecule has 1 N–H and O–H groups in total. The molecule has 0 aromatic heterocycles. The molecule has 0 saturated heterocycles. The molecular weight excluding hydrogens is 124 g/mol. The molecule has 0 amide bonds. The predicted octanol–water partition coefficient (Wildman–Crippen LogP) is 2.97. The molecule has 10 heavy (non-hydrogen) atoms. The summed E-state index contributed by atoms with van der Waals surface area (Å²) in [6.07, 6.45) is 3.49. The van der Waals surface area contributed by atoms with Crippen molar-refractivity contribution in [2.45, 2.75) is 20.8 Å². The van der Waals surface area contributed by atoms with Gasteiger partial charge in [-0.25, -0.2) is 0 Å². The highest BCUT2D eigenvalue weighted by Crippen LogP contribution is 2.06. The molecule has 0 aromatic rings. The van der Waals surface area contributed by atoms with E-state index in [1.165, 1.54) is 0 Å². The average Bonchev–Trinajstić information content (AvgIpc) is 1.85. The lowest BCUT2D eigenvalue weighted by atomic mass is 10.1. The second kappa shape index (κ2) is 3.94. The molecule has 0 aliphatic carbocycles. The summed E-state index contributed by atoms with van der Waals surface area (Å²) >= 11 is 0. The van der Waals surface area contributed by atoms with E-state index >= 15 is 0 Å². The molecule has 0 spiro atoms. The van der Waals surface area contributed by atoms with Crippen molar-refractivity contribution >= 4 is 0 Å². The fourth-order valence-electron chi connectivity index (χ4n) is 0.588. The predicted molar refractivity (Wildman–Crippen MR) is 45.0 cm³/mol. The number of allylic oxidation sites excluding steroid dienone is 5. The first-order valence-corrected chi connectivity index (χ1v) is 3.25. The van der Waals surface area contributed by atoms with Crippen molar-refractivity contribution in [1.29, 1.82) is 0 Å². The van der Waals surface area contributed by atoms with Gasteiger partial charge in [0.25, 0.3) is 0 Å². The van der Waals surface area contributed by atoms with E-state index in [4.69, 9.17) is 5.11 Å². The highest BCUT2D eigenvalue weighted by Gasteiger charge is 1.88. The maximum absolute atomic E-state index is 8.86. The van der Waals surface area contributed by atoms with Crippen molar-refractivity contribution in [3.8, 4) is 0 Å². The molecule has 0 heterocycles. The molecule has 0 aliphatic rings. The quantitative estimate of drug-likeness (QED) is 0.459. The van der Waals surface area contributed by atoms with Crippen LogP contribution in [-0.4, -0.2) is 5.11 Å². The Kier molecular flexibility index (Phi) is 3.55. The van der Waals surface area contributed by atoms with Gasteiger partial charge in [-0.05, 0) is 38.0 Å². The molecular formula is C9H14O. The summed E-state index contributed by atoms with van der Waals surface area (Å²) in [7, 11) is 0. The van der Waals surface area contributed by atoms with Gasteiger partial charge in [-0.1, -0.05) is 12.7 Å². The van der Waals surface area contributed by atoms with E-state index in [9.17, 15) is 0 Å². The molecule has 1 heteroatoms. The Morgan fingerprint density at radius 2 is 1.70 bits per heavy atom. The van der Waals surface area contributed by atoms with Crippen LogP contribution in [0.4, 0.5) is 0 Å². The molecule has 0 bridgehead atoms. The number of hydrogen-bond acceptors (Lipinski definition) is 1. The Morgan fingerprint density at radius 1 is 1.20 bits per heavy atom. The Bertz CT molecular complexity index is 181. The van der Waals surface area contributed by atoms with Crippen LogP contribution in [0, 0.1) is 0 Å². The van der Waals surface area contributed by atoms with Crippen molar-refractivity contribution in [1.82, 2.24) is 0 Å². The van der Waals surface area contributed by atoms with E-state index in [-0.39, 0.29) is 0 Å². The first-order chi connectivity index (χ1) is 4.57.